The predicted molar refractivity (Wildman–Crippen MR) is 88.3 cm³/mol. The van der Waals surface area contributed by atoms with E-state index in [-0.39, 0.29) is 6.61 Å². The number of aliphatic hydroxyl groups excluding tert-OH is 1. The molecule has 0 aromatic heterocycles. The van der Waals surface area contributed by atoms with E-state index in [2.05, 4.69) is 15.6 Å². The molecule has 0 saturated heterocycles. The number of guanidine groups is 1. The van der Waals surface area contributed by atoms with Gasteiger partial charge in [0.2, 0.25) is 0 Å². The number of methoxy groups -OCH3 is 1. The van der Waals surface area contributed by atoms with Gasteiger partial charge in [-0.15, -0.1) is 0 Å². The smallest absolute Gasteiger partial charge is 0.191 e. The van der Waals surface area contributed by atoms with Crippen molar-refractivity contribution in [2.45, 2.75) is 19.9 Å². The van der Waals surface area contributed by atoms with Crippen LogP contribution in [0.3, 0.4) is 0 Å². The van der Waals surface area contributed by atoms with Crippen molar-refractivity contribution in [2.24, 2.45) is 4.99 Å². The summed E-state index contributed by atoms with van der Waals surface area (Å²) in [7, 11) is 1.65. The van der Waals surface area contributed by atoms with E-state index in [0.717, 1.165) is 37.5 Å². The van der Waals surface area contributed by atoms with Gasteiger partial charge in [0.15, 0.2) is 5.96 Å². The third kappa shape index (κ3) is 7.85. The number of aliphatic hydroxyl groups is 1. The first-order chi connectivity index (χ1) is 10.8. The van der Waals surface area contributed by atoms with Gasteiger partial charge in [-0.1, -0.05) is 12.1 Å². The quantitative estimate of drug-likeness (QED) is 0.343. The molecule has 0 atom stereocenters. The van der Waals surface area contributed by atoms with E-state index in [1.54, 1.807) is 7.11 Å². The molecular weight excluding hydrogens is 282 g/mol. The van der Waals surface area contributed by atoms with E-state index in [4.69, 9.17) is 14.6 Å². The molecule has 0 unspecified atom stereocenters. The number of nitrogens with one attached hydrogen (secondary N) is 2. The molecule has 22 heavy (non-hydrogen) atoms. The van der Waals surface area contributed by atoms with Crippen LogP contribution in [0.1, 0.15) is 18.9 Å². The van der Waals surface area contributed by atoms with Crippen molar-refractivity contribution < 1.29 is 14.6 Å². The summed E-state index contributed by atoms with van der Waals surface area (Å²) in [5.74, 6) is 1.53. The predicted octanol–water partition coefficient (Wildman–Crippen LogP) is 1.15. The molecule has 0 aliphatic carbocycles. The highest BCUT2D eigenvalue weighted by Crippen LogP contribution is 2.11. The maximum Gasteiger partial charge on any atom is 0.191 e. The Morgan fingerprint density at radius 1 is 1.18 bits per heavy atom. The largest absolute Gasteiger partial charge is 0.497 e. The average molecular weight is 309 g/mol. The second-order valence-corrected chi connectivity index (χ2v) is 4.64. The van der Waals surface area contributed by atoms with Gasteiger partial charge in [0.1, 0.15) is 5.75 Å². The van der Waals surface area contributed by atoms with E-state index in [9.17, 15) is 0 Å². The number of nitrogens with zero attached hydrogens (tertiary/aromatic N) is 1. The number of hydrogen-bond acceptors (Lipinski definition) is 4. The molecule has 124 valence electrons. The van der Waals surface area contributed by atoms with Gasteiger partial charge in [0, 0.05) is 26.3 Å². The summed E-state index contributed by atoms with van der Waals surface area (Å²) in [5.41, 5.74) is 1.10. The summed E-state index contributed by atoms with van der Waals surface area (Å²) >= 11 is 0. The fourth-order valence-corrected chi connectivity index (χ4v) is 1.78. The maximum absolute atomic E-state index is 8.92. The molecule has 0 aliphatic heterocycles. The van der Waals surface area contributed by atoms with Crippen molar-refractivity contribution in [3.63, 3.8) is 0 Å². The normalized spacial score (nSPS) is 11.3. The Bertz CT molecular complexity index is 421. The minimum absolute atomic E-state index is 0.0716. The van der Waals surface area contributed by atoms with Crippen LogP contribution in [0.2, 0.25) is 0 Å². The van der Waals surface area contributed by atoms with Gasteiger partial charge in [-0.25, -0.2) is 4.99 Å². The Morgan fingerprint density at radius 2 is 1.91 bits per heavy atom. The van der Waals surface area contributed by atoms with Crippen molar-refractivity contribution in [3.05, 3.63) is 29.8 Å². The van der Waals surface area contributed by atoms with Crippen LogP contribution in [-0.4, -0.2) is 51.1 Å². The van der Waals surface area contributed by atoms with Gasteiger partial charge in [-0.3, -0.25) is 0 Å². The number of aliphatic imine (C=N–C) groups is 1. The van der Waals surface area contributed by atoms with Crippen molar-refractivity contribution in [3.8, 4) is 5.75 Å². The van der Waals surface area contributed by atoms with Gasteiger partial charge in [-0.2, -0.15) is 0 Å². The van der Waals surface area contributed by atoms with Gasteiger partial charge in [-0.05, 0) is 31.0 Å². The summed E-state index contributed by atoms with van der Waals surface area (Å²) in [6, 6.07) is 7.81. The third-order valence-corrected chi connectivity index (χ3v) is 2.95. The molecule has 0 aliphatic rings. The monoisotopic (exact) mass is 309 g/mol. The van der Waals surface area contributed by atoms with Crippen molar-refractivity contribution in [1.82, 2.24) is 10.6 Å². The number of benzene rings is 1. The summed E-state index contributed by atoms with van der Waals surface area (Å²) in [4.78, 5) is 4.51. The molecule has 0 fully saturated rings. The van der Waals surface area contributed by atoms with E-state index >= 15 is 0 Å². The van der Waals surface area contributed by atoms with Crippen molar-refractivity contribution >= 4 is 5.96 Å². The molecule has 6 nitrogen and oxygen atoms in total. The SMILES string of the molecule is CCOCCCNC(=NCc1ccc(OC)cc1)NCCO. The van der Waals surface area contributed by atoms with Crippen LogP contribution in [0.25, 0.3) is 0 Å². The van der Waals surface area contributed by atoms with Crippen LogP contribution in [0.4, 0.5) is 0 Å². The molecule has 6 heteroatoms. The summed E-state index contributed by atoms with van der Waals surface area (Å²) in [6.07, 6.45) is 0.913. The lowest BCUT2D eigenvalue weighted by molar-refractivity contribution is 0.145. The highest BCUT2D eigenvalue weighted by Gasteiger charge is 1.99. The second kappa shape index (κ2) is 11.8. The molecule has 1 aromatic carbocycles. The standard InChI is InChI=1S/C16H27N3O3/c1-3-22-12-4-9-17-16(18-10-11-20)19-13-14-5-7-15(21-2)8-6-14/h5-8,20H,3-4,9-13H2,1-2H3,(H2,17,18,19). The summed E-state index contributed by atoms with van der Waals surface area (Å²) < 4.78 is 10.4. The van der Waals surface area contributed by atoms with E-state index in [1.165, 1.54) is 0 Å². The lowest BCUT2D eigenvalue weighted by Gasteiger charge is -2.12. The average Bonchev–Trinajstić information content (AvgIpc) is 2.57. The van der Waals surface area contributed by atoms with E-state index in [0.29, 0.717) is 19.0 Å². The number of rotatable bonds is 10. The number of ether oxygens (including phenoxy) is 2. The highest BCUT2D eigenvalue weighted by atomic mass is 16.5. The minimum atomic E-state index is 0.0716. The Balaban J connectivity index is 2.45. The van der Waals surface area contributed by atoms with Gasteiger partial charge in [0.05, 0.1) is 20.3 Å². The summed E-state index contributed by atoms with van der Waals surface area (Å²) in [6.45, 7) is 5.34. The second-order valence-electron chi connectivity index (χ2n) is 4.64. The van der Waals surface area contributed by atoms with Crippen molar-refractivity contribution in [2.75, 3.05) is 40.0 Å². The van der Waals surface area contributed by atoms with E-state index < -0.39 is 0 Å². The first-order valence-corrected chi connectivity index (χ1v) is 7.63. The zero-order valence-corrected chi connectivity index (χ0v) is 13.5. The van der Waals surface area contributed by atoms with Crippen LogP contribution in [0, 0.1) is 0 Å². The maximum atomic E-state index is 8.92. The van der Waals surface area contributed by atoms with Crippen LogP contribution in [0.15, 0.2) is 29.3 Å². The zero-order chi connectivity index (χ0) is 16.0. The molecule has 0 radical (unpaired) electrons. The summed E-state index contributed by atoms with van der Waals surface area (Å²) in [5, 5.41) is 15.2. The lowest BCUT2D eigenvalue weighted by Crippen LogP contribution is -2.39. The molecule has 1 aromatic rings. The van der Waals surface area contributed by atoms with Crippen molar-refractivity contribution in [1.29, 1.82) is 0 Å². The van der Waals surface area contributed by atoms with Gasteiger partial charge >= 0.3 is 0 Å². The highest BCUT2D eigenvalue weighted by molar-refractivity contribution is 5.79. The Labute approximate surface area is 132 Å². The van der Waals surface area contributed by atoms with Crippen LogP contribution >= 0.6 is 0 Å². The number of hydrogen-bond donors (Lipinski definition) is 3. The fraction of sp³-hybridized carbons (Fsp3) is 0.562. The first-order valence-electron chi connectivity index (χ1n) is 7.63. The first kappa shape index (κ1) is 18.3. The topological polar surface area (TPSA) is 75.1 Å². The molecule has 0 amide bonds. The molecule has 0 saturated carbocycles. The lowest BCUT2D eigenvalue weighted by atomic mass is 10.2. The van der Waals surface area contributed by atoms with Gasteiger partial charge in [0.25, 0.3) is 0 Å². The molecule has 0 bridgehead atoms. The molecule has 1 rings (SSSR count). The molecule has 0 spiro atoms. The van der Waals surface area contributed by atoms with Crippen LogP contribution < -0.4 is 15.4 Å². The van der Waals surface area contributed by atoms with Crippen LogP contribution in [-0.2, 0) is 11.3 Å². The third-order valence-electron chi connectivity index (χ3n) is 2.95. The Kier molecular flexibility index (Phi) is 9.81. The minimum Gasteiger partial charge on any atom is -0.497 e. The molecule has 3 N–H and O–H groups in total. The van der Waals surface area contributed by atoms with E-state index in [1.807, 2.05) is 31.2 Å². The van der Waals surface area contributed by atoms with Gasteiger partial charge < -0.3 is 25.2 Å². The molecule has 0 heterocycles. The Hall–Kier alpha value is -1.79. The van der Waals surface area contributed by atoms with Crippen LogP contribution in [0.5, 0.6) is 5.75 Å². The Morgan fingerprint density at radius 3 is 2.55 bits per heavy atom. The molecular formula is C16H27N3O3. The zero-order valence-electron chi connectivity index (χ0n) is 13.5. The fourth-order valence-electron chi connectivity index (χ4n) is 1.78.